The van der Waals surface area contributed by atoms with Crippen molar-refractivity contribution in [2.24, 2.45) is 5.92 Å². The standard InChI is InChI=1S/C21H27ClN4O2S/c1-28-19-7-6-17(22)10-18(19)25-20(27)8-5-15-4-3-9-26(13-15)14-16-11-23-21(29-2)24-12-16/h6-7,10-12,15H,3-5,8-9,13-14H2,1-2H3,(H,25,27)/t15-/m0/s1. The number of aromatic nitrogens is 2. The van der Waals surface area contributed by atoms with Gasteiger partial charge < -0.3 is 10.1 Å². The fourth-order valence-corrected chi connectivity index (χ4v) is 4.13. The van der Waals surface area contributed by atoms with E-state index in [0.29, 0.717) is 28.8 Å². The smallest absolute Gasteiger partial charge is 0.224 e. The molecule has 1 aromatic heterocycles. The minimum atomic E-state index is -0.0104. The van der Waals surface area contributed by atoms with Gasteiger partial charge in [-0.05, 0) is 56.2 Å². The molecular weight excluding hydrogens is 408 g/mol. The van der Waals surface area contributed by atoms with Gasteiger partial charge in [-0.15, -0.1) is 0 Å². The fourth-order valence-electron chi connectivity index (χ4n) is 3.64. The Balaban J connectivity index is 1.47. The van der Waals surface area contributed by atoms with E-state index in [2.05, 4.69) is 20.2 Å². The van der Waals surface area contributed by atoms with Crippen molar-refractivity contribution >= 4 is 35.0 Å². The van der Waals surface area contributed by atoms with E-state index < -0.39 is 0 Å². The Morgan fingerprint density at radius 2 is 2.17 bits per heavy atom. The Bertz CT molecular complexity index is 819. The molecule has 29 heavy (non-hydrogen) atoms. The number of thioether (sulfide) groups is 1. The normalized spacial score (nSPS) is 17.1. The Labute approximate surface area is 181 Å². The van der Waals surface area contributed by atoms with E-state index in [1.807, 2.05) is 18.6 Å². The number of hydrogen-bond acceptors (Lipinski definition) is 6. The molecule has 2 heterocycles. The van der Waals surface area contributed by atoms with Gasteiger partial charge in [0.1, 0.15) is 5.75 Å². The monoisotopic (exact) mass is 434 g/mol. The first-order valence-corrected chi connectivity index (χ1v) is 11.4. The number of anilines is 1. The number of carbonyl (C=O) groups is 1. The molecule has 2 aromatic rings. The van der Waals surface area contributed by atoms with Gasteiger partial charge in [-0.3, -0.25) is 9.69 Å². The van der Waals surface area contributed by atoms with Crippen LogP contribution in [-0.2, 0) is 11.3 Å². The fraction of sp³-hybridized carbons (Fsp3) is 0.476. The highest BCUT2D eigenvalue weighted by molar-refractivity contribution is 7.98. The molecule has 3 rings (SSSR count). The largest absolute Gasteiger partial charge is 0.495 e. The van der Waals surface area contributed by atoms with E-state index >= 15 is 0 Å². The lowest BCUT2D eigenvalue weighted by Crippen LogP contribution is -2.35. The molecule has 8 heteroatoms. The van der Waals surface area contributed by atoms with Gasteiger partial charge in [0.05, 0.1) is 12.8 Å². The molecule has 1 aliphatic rings. The number of carbonyl (C=O) groups excluding carboxylic acids is 1. The van der Waals surface area contributed by atoms with Gasteiger partial charge in [-0.2, -0.15) is 0 Å². The molecule has 1 fully saturated rings. The third-order valence-corrected chi connectivity index (χ3v) is 5.90. The SMILES string of the molecule is COc1ccc(Cl)cc1NC(=O)CC[C@@H]1CCCN(Cc2cnc(SC)nc2)C1. The number of amides is 1. The van der Waals surface area contributed by atoms with Gasteiger partial charge >= 0.3 is 0 Å². The van der Waals surface area contributed by atoms with Crippen LogP contribution in [0.15, 0.2) is 35.7 Å². The van der Waals surface area contributed by atoms with Crippen molar-refractivity contribution in [3.8, 4) is 5.75 Å². The molecule has 1 N–H and O–H groups in total. The number of hydrogen-bond donors (Lipinski definition) is 1. The highest BCUT2D eigenvalue weighted by Crippen LogP contribution is 2.28. The topological polar surface area (TPSA) is 67.3 Å². The van der Waals surface area contributed by atoms with Crippen molar-refractivity contribution in [3.05, 3.63) is 41.2 Å². The van der Waals surface area contributed by atoms with E-state index in [0.717, 1.165) is 49.6 Å². The average molecular weight is 435 g/mol. The second kappa shape index (κ2) is 10.8. The third kappa shape index (κ3) is 6.59. The maximum absolute atomic E-state index is 12.4. The number of halogens is 1. The van der Waals surface area contributed by atoms with Gasteiger partial charge in [0, 0.05) is 42.5 Å². The van der Waals surface area contributed by atoms with Crippen molar-refractivity contribution in [2.75, 3.05) is 31.8 Å². The molecule has 0 spiro atoms. The molecule has 1 amide bonds. The molecule has 1 aliphatic heterocycles. The molecule has 1 saturated heterocycles. The van der Waals surface area contributed by atoms with Crippen LogP contribution in [0.4, 0.5) is 5.69 Å². The van der Waals surface area contributed by atoms with E-state index in [1.54, 1.807) is 37.1 Å². The van der Waals surface area contributed by atoms with Crippen LogP contribution >= 0.6 is 23.4 Å². The van der Waals surface area contributed by atoms with Crippen molar-refractivity contribution in [3.63, 3.8) is 0 Å². The molecule has 0 saturated carbocycles. The first-order chi connectivity index (χ1) is 14.1. The van der Waals surface area contributed by atoms with Gasteiger partial charge in [0.2, 0.25) is 5.91 Å². The Morgan fingerprint density at radius 3 is 2.90 bits per heavy atom. The second-order valence-electron chi connectivity index (χ2n) is 7.25. The second-order valence-corrected chi connectivity index (χ2v) is 8.46. The minimum Gasteiger partial charge on any atom is -0.495 e. The van der Waals surface area contributed by atoms with Gasteiger partial charge in [-0.25, -0.2) is 9.97 Å². The lowest BCUT2D eigenvalue weighted by Gasteiger charge is -2.32. The summed E-state index contributed by atoms with van der Waals surface area (Å²) in [6.07, 6.45) is 9.46. The van der Waals surface area contributed by atoms with Crippen molar-refractivity contribution in [2.45, 2.75) is 37.4 Å². The summed E-state index contributed by atoms with van der Waals surface area (Å²) in [6, 6.07) is 5.21. The first-order valence-electron chi connectivity index (χ1n) is 9.78. The zero-order valence-electron chi connectivity index (χ0n) is 16.9. The molecule has 0 radical (unpaired) electrons. The van der Waals surface area contributed by atoms with E-state index in [1.165, 1.54) is 0 Å². The van der Waals surface area contributed by atoms with Crippen LogP contribution in [0.2, 0.25) is 5.02 Å². The minimum absolute atomic E-state index is 0.0104. The molecule has 1 aromatic carbocycles. The van der Waals surface area contributed by atoms with Crippen LogP contribution in [0.3, 0.4) is 0 Å². The lowest BCUT2D eigenvalue weighted by atomic mass is 9.93. The molecule has 0 aliphatic carbocycles. The Hall–Kier alpha value is -1.83. The highest BCUT2D eigenvalue weighted by atomic mass is 35.5. The number of methoxy groups -OCH3 is 1. The molecule has 6 nitrogen and oxygen atoms in total. The summed E-state index contributed by atoms with van der Waals surface area (Å²) in [4.78, 5) is 23.6. The summed E-state index contributed by atoms with van der Waals surface area (Å²) < 4.78 is 5.29. The van der Waals surface area contributed by atoms with Crippen LogP contribution in [0.25, 0.3) is 0 Å². The van der Waals surface area contributed by atoms with E-state index in [9.17, 15) is 4.79 Å². The first kappa shape index (κ1) is 21.9. The number of rotatable bonds is 8. The van der Waals surface area contributed by atoms with Crippen molar-refractivity contribution in [1.29, 1.82) is 0 Å². The predicted molar refractivity (Wildman–Crippen MR) is 118 cm³/mol. The quantitative estimate of drug-likeness (QED) is 0.487. The summed E-state index contributed by atoms with van der Waals surface area (Å²) in [5.41, 5.74) is 1.75. The summed E-state index contributed by atoms with van der Waals surface area (Å²) in [5, 5.41) is 4.29. The zero-order chi connectivity index (χ0) is 20.6. The maximum Gasteiger partial charge on any atom is 0.224 e. The predicted octanol–water partition coefficient (Wildman–Crippen LogP) is 4.49. The Kier molecular flexibility index (Phi) is 8.15. The molecular formula is C21H27ClN4O2S. The number of ether oxygens (including phenoxy) is 1. The summed E-state index contributed by atoms with van der Waals surface area (Å²) >= 11 is 7.58. The van der Waals surface area contributed by atoms with Gasteiger partial charge in [0.15, 0.2) is 5.16 Å². The van der Waals surface area contributed by atoms with Gasteiger partial charge in [-0.1, -0.05) is 23.4 Å². The van der Waals surface area contributed by atoms with Crippen molar-refractivity contribution in [1.82, 2.24) is 14.9 Å². The third-order valence-electron chi connectivity index (χ3n) is 5.09. The average Bonchev–Trinajstić information content (AvgIpc) is 2.73. The van der Waals surface area contributed by atoms with E-state index in [4.69, 9.17) is 16.3 Å². The zero-order valence-corrected chi connectivity index (χ0v) is 18.4. The lowest BCUT2D eigenvalue weighted by molar-refractivity contribution is -0.116. The van der Waals surface area contributed by atoms with Crippen LogP contribution in [-0.4, -0.2) is 47.2 Å². The molecule has 0 unspecified atom stereocenters. The molecule has 0 bridgehead atoms. The number of piperidine rings is 1. The highest BCUT2D eigenvalue weighted by Gasteiger charge is 2.21. The van der Waals surface area contributed by atoms with Crippen LogP contribution in [0, 0.1) is 5.92 Å². The van der Waals surface area contributed by atoms with Crippen LogP contribution in [0.5, 0.6) is 5.75 Å². The Morgan fingerprint density at radius 1 is 1.38 bits per heavy atom. The van der Waals surface area contributed by atoms with E-state index in [-0.39, 0.29) is 5.91 Å². The van der Waals surface area contributed by atoms with Crippen LogP contribution < -0.4 is 10.1 Å². The summed E-state index contributed by atoms with van der Waals surface area (Å²) in [5.74, 6) is 1.12. The van der Waals surface area contributed by atoms with Crippen molar-refractivity contribution < 1.29 is 9.53 Å². The maximum atomic E-state index is 12.4. The number of benzene rings is 1. The molecule has 1 atom stereocenters. The number of nitrogens with zero attached hydrogens (tertiary/aromatic N) is 3. The summed E-state index contributed by atoms with van der Waals surface area (Å²) in [7, 11) is 1.58. The number of nitrogens with one attached hydrogen (secondary N) is 1. The van der Waals surface area contributed by atoms with Gasteiger partial charge in [0.25, 0.3) is 0 Å². The molecule has 156 valence electrons. The van der Waals surface area contributed by atoms with Crippen LogP contribution in [0.1, 0.15) is 31.2 Å². The number of likely N-dealkylation sites (tertiary alicyclic amines) is 1. The summed E-state index contributed by atoms with van der Waals surface area (Å²) in [6.45, 7) is 2.93.